The van der Waals surface area contributed by atoms with Crippen LogP contribution in [-0.2, 0) is 20.8 Å². The molecule has 1 atom stereocenters. The number of anilines is 1. The van der Waals surface area contributed by atoms with Crippen LogP contribution in [0.15, 0.2) is 5.38 Å². The highest BCUT2D eigenvalue weighted by molar-refractivity contribution is 7.13. The Hall–Kier alpha value is -1.96. The molecule has 2 amide bonds. The summed E-state index contributed by atoms with van der Waals surface area (Å²) < 4.78 is 0. The normalized spacial score (nSPS) is 17.8. The van der Waals surface area contributed by atoms with Crippen molar-refractivity contribution in [3.63, 3.8) is 0 Å². The van der Waals surface area contributed by atoms with Crippen LogP contribution >= 0.6 is 11.3 Å². The molecule has 0 aliphatic carbocycles. The van der Waals surface area contributed by atoms with Crippen molar-refractivity contribution in [1.82, 2.24) is 9.88 Å². The van der Waals surface area contributed by atoms with Crippen LogP contribution in [0.3, 0.4) is 0 Å². The summed E-state index contributed by atoms with van der Waals surface area (Å²) >= 11 is 1.32. The van der Waals surface area contributed by atoms with Crippen LogP contribution in [0.5, 0.6) is 0 Å². The summed E-state index contributed by atoms with van der Waals surface area (Å²) in [5.74, 6) is -0.646. The van der Waals surface area contributed by atoms with Gasteiger partial charge >= 0.3 is 5.97 Å². The maximum Gasteiger partial charge on any atom is 0.303 e. The number of rotatable bonds is 6. The van der Waals surface area contributed by atoms with Crippen LogP contribution in [0, 0.1) is 11.3 Å². The van der Waals surface area contributed by atoms with Crippen molar-refractivity contribution in [2.75, 3.05) is 18.4 Å². The van der Waals surface area contributed by atoms with Crippen molar-refractivity contribution in [1.29, 1.82) is 0 Å². The van der Waals surface area contributed by atoms with Gasteiger partial charge in [-0.05, 0) is 25.2 Å². The fraction of sp³-hybridized carbons (Fsp3) is 0.667. The van der Waals surface area contributed by atoms with Gasteiger partial charge in [-0.15, -0.1) is 11.3 Å². The number of carbonyl (C=O) groups excluding carboxylic acids is 2. The van der Waals surface area contributed by atoms with Gasteiger partial charge in [-0.2, -0.15) is 0 Å². The van der Waals surface area contributed by atoms with Crippen molar-refractivity contribution in [2.24, 2.45) is 11.3 Å². The van der Waals surface area contributed by atoms with E-state index in [1.807, 2.05) is 25.7 Å². The minimum Gasteiger partial charge on any atom is -0.481 e. The second kappa shape index (κ2) is 8.62. The smallest absolute Gasteiger partial charge is 0.303 e. The molecule has 2 rings (SSSR count). The molecule has 1 aromatic rings. The maximum absolute atomic E-state index is 12.5. The van der Waals surface area contributed by atoms with Crippen molar-refractivity contribution < 1.29 is 19.5 Å². The zero-order chi connectivity index (χ0) is 19.3. The minimum atomic E-state index is -0.791. The molecular formula is C18H27N3O4S. The molecule has 0 radical (unpaired) electrons. The Morgan fingerprint density at radius 1 is 1.38 bits per heavy atom. The zero-order valence-corrected chi connectivity index (χ0v) is 16.4. The van der Waals surface area contributed by atoms with Crippen molar-refractivity contribution in [2.45, 2.75) is 52.9 Å². The molecule has 2 heterocycles. The van der Waals surface area contributed by atoms with Gasteiger partial charge < -0.3 is 15.3 Å². The van der Waals surface area contributed by atoms with E-state index < -0.39 is 11.4 Å². The van der Waals surface area contributed by atoms with E-state index in [0.717, 1.165) is 12.8 Å². The SMILES string of the molecule is CC(C)(C)C(=O)Nc1nc(CC(=O)N2CCCC(CCC(=O)O)C2)cs1. The van der Waals surface area contributed by atoms with Gasteiger partial charge in [0.15, 0.2) is 5.13 Å². The largest absolute Gasteiger partial charge is 0.481 e. The number of carboxylic acids is 1. The van der Waals surface area contributed by atoms with E-state index in [1.54, 1.807) is 5.38 Å². The van der Waals surface area contributed by atoms with Gasteiger partial charge in [0.25, 0.3) is 0 Å². The van der Waals surface area contributed by atoms with E-state index in [1.165, 1.54) is 11.3 Å². The molecular weight excluding hydrogens is 354 g/mol. The number of nitrogens with zero attached hydrogens (tertiary/aromatic N) is 2. The predicted octanol–water partition coefficient (Wildman–Crippen LogP) is 2.77. The van der Waals surface area contributed by atoms with Crippen molar-refractivity contribution in [3.8, 4) is 0 Å². The first-order valence-corrected chi connectivity index (χ1v) is 9.78. The van der Waals surface area contributed by atoms with E-state index in [-0.39, 0.29) is 30.6 Å². The topological polar surface area (TPSA) is 99.6 Å². The lowest BCUT2D eigenvalue weighted by molar-refractivity contribution is -0.137. The molecule has 1 aliphatic rings. The first-order chi connectivity index (χ1) is 12.1. The molecule has 1 fully saturated rings. The molecule has 144 valence electrons. The van der Waals surface area contributed by atoms with Gasteiger partial charge in [-0.25, -0.2) is 4.98 Å². The molecule has 1 aromatic heterocycles. The summed E-state index contributed by atoms with van der Waals surface area (Å²) in [6, 6.07) is 0. The first kappa shape index (κ1) is 20.4. The Morgan fingerprint density at radius 2 is 2.12 bits per heavy atom. The number of carboxylic acid groups (broad SMARTS) is 1. The lowest BCUT2D eigenvalue weighted by Crippen LogP contribution is -2.40. The Bertz CT molecular complexity index is 666. The molecule has 26 heavy (non-hydrogen) atoms. The minimum absolute atomic E-state index is 0.00372. The number of piperidine rings is 1. The van der Waals surface area contributed by atoms with E-state index in [4.69, 9.17) is 5.11 Å². The van der Waals surface area contributed by atoms with Crippen LogP contribution in [-0.4, -0.2) is 45.9 Å². The molecule has 1 unspecified atom stereocenters. The number of nitrogens with one attached hydrogen (secondary N) is 1. The highest BCUT2D eigenvalue weighted by Gasteiger charge is 2.25. The molecule has 0 spiro atoms. The number of amides is 2. The molecule has 7 nitrogen and oxygen atoms in total. The first-order valence-electron chi connectivity index (χ1n) is 8.90. The summed E-state index contributed by atoms with van der Waals surface area (Å²) in [6.07, 6.45) is 2.83. The lowest BCUT2D eigenvalue weighted by Gasteiger charge is -2.32. The highest BCUT2D eigenvalue weighted by Crippen LogP contribution is 2.23. The standard InChI is InChI=1S/C18H27N3O4S/c1-18(2,3)16(25)20-17-19-13(11-26-17)9-14(22)21-8-4-5-12(10-21)6-7-15(23)24/h11-12H,4-10H2,1-3H3,(H,23,24)(H,19,20,25). The van der Waals surface area contributed by atoms with Crippen LogP contribution in [0.4, 0.5) is 5.13 Å². The lowest BCUT2D eigenvalue weighted by atomic mass is 9.93. The number of likely N-dealkylation sites (tertiary alicyclic amines) is 1. The zero-order valence-electron chi connectivity index (χ0n) is 15.6. The molecule has 0 aromatic carbocycles. The Balaban J connectivity index is 1.87. The van der Waals surface area contributed by atoms with Gasteiger partial charge in [-0.1, -0.05) is 20.8 Å². The summed E-state index contributed by atoms with van der Waals surface area (Å²) in [7, 11) is 0. The van der Waals surface area contributed by atoms with Gasteiger partial charge in [0.1, 0.15) is 0 Å². The van der Waals surface area contributed by atoms with Crippen molar-refractivity contribution >= 4 is 34.3 Å². The predicted molar refractivity (Wildman–Crippen MR) is 100 cm³/mol. The van der Waals surface area contributed by atoms with Gasteiger partial charge in [0.2, 0.25) is 11.8 Å². The Kier molecular flexibility index (Phi) is 6.75. The third-order valence-electron chi connectivity index (χ3n) is 4.42. The fourth-order valence-corrected chi connectivity index (χ4v) is 3.56. The quantitative estimate of drug-likeness (QED) is 0.789. The summed E-state index contributed by atoms with van der Waals surface area (Å²) in [6.45, 7) is 6.82. The van der Waals surface area contributed by atoms with Gasteiger partial charge in [0.05, 0.1) is 12.1 Å². The van der Waals surface area contributed by atoms with Gasteiger partial charge in [0, 0.05) is 30.3 Å². The monoisotopic (exact) mass is 381 g/mol. The fourth-order valence-electron chi connectivity index (χ4n) is 2.85. The summed E-state index contributed by atoms with van der Waals surface area (Å²) in [5.41, 5.74) is 0.150. The number of thiazole rings is 1. The summed E-state index contributed by atoms with van der Waals surface area (Å²) in [4.78, 5) is 41.4. The number of carbonyl (C=O) groups is 3. The number of aliphatic carboxylic acids is 1. The number of aromatic nitrogens is 1. The van der Waals surface area contributed by atoms with E-state index in [0.29, 0.717) is 30.3 Å². The van der Waals surface area contributed by atoms with Crippen LogP contribution < -0.4 is 5.32 Å². The average Bonchev–Trinajstić information content (AvgIpc) is 2.99. The highest BCUT2D eigenvalue weighted by atomic mass is 32.1. The van der Waals surface area contributed by atoms with Crippen molar-refractivity contribution in [3.05, 3.63) is 11.1 Å². The molecule has 1 saturated heterocycles. The van der Waals surface area contributed by atoms with Crippen LogP contribution in [0.2, 0.25) is 0 Å². The van der Waals surface area contributed by atoms with E-state index in [2.05, 4.69) is 10.3 Å². The van der Waals surface area contributed by atoms with E-state index >= 15 is 0 Å². The Labute approximate surface area is 157 Å². The third kappa shape index (κ3) is 6.09. The number of hydrogen-bond donors (Lipinski definition) is 2. The third-order valence-corrected chi connectivity index (χ3v) is 5.23. The maximum atomic E-state index is 12.5. The Morgan fingerprint density at radius 3 is 2.77 bits per heavy atom. The second-order valence-electron chi connectivity index (χ2n) is 7.81. The second-order valence-corrected chi connectivity index (χ2v) is 8.66. The van der Waals surface area contributed by atoms with Gasteiger partial charge in [-0.3, -0.25) is 14.4 Å². The van der Waals surface area contributed by atoms with E-state index in [9.17, 15) is 14.4 Å². The summed E-state index contributed by atoms with van der Waals surface area (Å²) in [5, 5.41) is 13.9. The number of hydrogen-bond acceptors (Lipinski definition) is 5. The van der Waals surface area contributed by atoms with Crippen LogP contribution in [0.25, 0.3) is 0 Å². The molecule has 0 bridgehead atoms. The molecule has 0 saturated carbocycles. The molecule has 2 N–H and O–H groups in total. The van der Waals surface area contributed by atoms with Crippen LogP contribution in [0.1, 0.15) is 52.1 Å². The molecule has 1 aliphatic heterocycles. The average molecular weight is 381 g/mol. The molecule has 8 heteroatoms.